The molecule has 0 bridgehead atoms. The number of hydrogen-bond acceptors (Lipinski definition) is 5. The molecule has 1 aromatic rings. The van der Waals surface area contributed by atoms with Crippen molar-refractivity contribution in [2.24, 2.45) is 0 Å². The standard InChI is InChI=1S/C14H24N4OS/c1-4-18(5-2)14-16-12(15)11(20-14)13(19)17(3)10-8-6-7-9-10/h10H,4-9,15H2,1-3H3. The van der Waals surface area contributed by atoms with Crippen LogP contribution < -0.4 is 10.6 Å². The van der Waals surface area contributed by atoms with Crippen LogP contribution in [0.15, 0.2) is 0 Å². The number of aromatic nitrogens is 1. The molecule has 1 aromatic heterocycles. The summed E-state index contributed by atoms with van der Waals surface area (Å²) in [5.74, 6) is 0.386. The average Bonchev–Trinajstić information content (AvgIpc) is 3.08. The summed E-state index contributed by atoms with van der Waals surface area (Å²) in [7, 11) is 1.88. The van der Waals surface area contributed by atoms with Crippen LogP contribution in [-0.2, 0) is 0 Å². The van der Waals surface area contributed by atoms with Gasteiger partial charge in [0.05, 0.1) is 0 Å². The number of carbonyl (C=O) groups excluding carboxylic acids is 1. The summed E-state index contributed by atoms with van der Waals surface area (Å²) in [6.07, 6.45) is 4.63. The molecule has 20 heavy (non-hydrogen) atoms. The van der Waals surface area contributed by atoms with Gasteiger partial charge in [-0.25, -0.2) is 4.98 Å². The summed E-state index contributed by atoms with van der Waals surface area (Å²) in [4.78, 5) is 21.5. The van der Waals surface area contributed by atoms with Crippen LogP contribution in [0.5, 0.6) is 0 Å². The van der Waals surface area contributed by atoms with Gasteiger partial charge in [-0.3, -0.25) is 4.79 Å². The fourth-order valence-electron chi connectivity index (χ4n) is 2.72. The van der Waals surface area contributed by atoms with Crippen LogP contribution in [0.3, 0.4) is 0 Å². The van der Waals surface area contributed by atoms with Gasteiger partial charge in [0, 0.05) is 26.2 Å². The molecule has 0 unspecified atom stereocenters. The van der Waals surface area contributed by atoms with Crippen LogP contribution >= 0.6 is 11.3 Å². The molecule has 1 heterocycles. The molecule has 0 saturated heterocycles. The summed E-state index contributed by atoms with van der Waals surface area (Å²) < 4.78 is 0. The summed E-state index contributed by atoms with van der Waals surface area (Å²) in [6, 6.07) is 0.362. The summed E-state index contributed by atoms with van der Waals surface area (Å²) in [5.41, 5.74) is 5.95. The predicted octanol–water partition coefficient (Wildman–Crippen LogP) is 2.59. The molecule has 0 spiro atoms. The number of thiazole rings is 1. The van der Waals surface area contributed by atoms with E-state index in [0.717, 1.165) is 31.1 Å². The number of nitrogens with zero attached hydrogens (tertiary/aromatic N) is 3. The van der Waals surface area contributed by atoms with Crippen molar-refractivity contribution >= 4 is 28.2 Å². The second-order valence-electron chi connectivity index (χ2n) is 5.24. The first-order valence-electron chi connectivity index (χ1n) is 7.36. The molecule has 112 valence electrons. The first-order chi connectivity index (χ1) is 9.58. The summed E-state index contributed by atoms with van der Waals surface area (Å²) in [6.45, 7) is 5.89. The molecule has 0 radical (unpaired) electrons. The van der Waals surface area contributed by atoms with Gasteiger partial charge in [0.25, 0.3) is 5.91 Å². The van der Waals surface area contributed by atoms with Crippen LogP contribution in [0, 0.1) is 0 Å². The molecule has 0 atom stereocenters. The highest BCUT2D eigenvalue weighted by molar-refractivity contribution is 7.18. The third kappa shape index (κ3) is 2.90. The van der Waals surface area contributed by atoms with Crippen LogP contribution in [0.1, 0.15) is 49.2 Å². The number of nitrogen functional groups attached to an aromatic ring is 1. The second kappa shape index (κ2) is 6.43. The van der Waals surface area contributed by atoms with Crippen molar-refractivity contribution in [3.63, 3.8) is 0 Å². The zero-order valence-electron chi connectivity index (χ0n) is 12.6. The van der Waals surface area contributed by atoms with E-state index < -0.39 is 0 Å². The number of amides is 1. The Morgan fingerprint density at radius 1 is 1.35 bits per heavy atom. The van der Waals surface area contributed by atoms with Gasteiger partial charge < -0.3 is 15.5 Å². The second-order valence-corrected chi connectivity index (χ2v) is 6.21. The Bertz CT molecular complexity index is 464. The molecule has 2 N–H and O–H groups in total. The molecule has 0 aliphatic heterocycles. The Morgan fingerprint density at radius 2 is 1.95 bits per heavy atom. The number of hydrogen-bond donors (Lipinski definition) is 1. The van der Waals surface area contributed by atoms with Crippen molar-refractivity contribution < 1.29 is 4.79 Å². The first-order valence-corrected chi connectivity index (χ1v) is 8.18. The highest BCUT2D eigenvalue weighted by Gasteiger charge is 2.27. The fraction of sp³-hybridized carbons (Fsp3) is 0.714. The predicted molar refractivity (Wildman–Crippen MR) is 84.4 cm³/mol. The Hall–Kier alpha value is -1.30. The smallest absolute Gasteiger partial charge is 0.267 e. The van der Waals surface area contributed by atoms with Gasteiger partial charge in [0.15, 0.2) is 5.13 Å². The average molecular weight is 296 g/mol. The quantitative estimate of drug-likeness (QED) is 0.907. The lowest BCUT2D eigenvalue weighted by atomic mass is 10.2. The van der Waals surface area contributed by atoms with Gasteiger partial charge in [-0.15, -0.1) is 0 Å². The molecule has 2 rings (SSSR count). The molecule has 1 fully saturated rings. The van der Waals surface area contributed by atoms with Crippen LogP contribution in [0.25, 0.3) is 0 Å². The number of nitrogens with two attached hydrogens (primary N) is 1. The Kier molecular flexibility index (Phi) is 4.86. The largest absolute Gasteiger partial charge is 0.382 e. The topological polar surface area (TPSA) is 62.5 Å². The van der Waals surface area contributed by atoms with Crippen molar-refractivity contribution in [3.05, 3.63) is 4.88 Å². The number of rotatable bonds is 5. The van der Waals surface area contributed by atoms with E-state index in [1.165, 1.54) is 24.2 Å². The Balaban J connectivity index is 2.17. The monoisotopic (exact) mass is 296 g/mol. The number of anilines is 2. The van der Waals surface area contributed by atoms with Crippen molar-refractivity contribution in [1.29, 1.82) is 0 Å². The van der Waals surface area contributed by atoms with Crippen molar-refractivity contribution in [1.82, 2.24) is 9.88 Å². The number of carbonyl (C=O) groups is 1. The summed E-state index contributed by atoms with van der Waals surface area (Å²) in [5, 5.41) is 0.843. The minimum atomic E-state index is 0.0188. The molecule has 0 aromatic carbocycles. The molecular formula is C14H24N4OS. The van der Waals surface area contributed by atoms with E-state index in [9.17, 15) is 4.79 Å². The van der Waals surface area contributed by atoms with E-state index in [0.29, 0.717) is 16.7 Å². The van der Waals surface area contributed by atoms with E-state index in [1.807, 2.05) is 11.9 Å². The lowest BCUT2D eigenvalue weighted by molar-refractivity contribution is 0.0741. The molecule has 1 aliphatic carbocycles. The maximum absolute atomic E-state index is 12.6. The van der Waals surface area contributed by atoms with E-state index in [4.69, 9.17) is 5.73 Å². The highest BCUT2D eigenvalue weighted by Crippen LogP contribution is 2.31. The van der Waals surface area contributed by atoms with Crippen LogP contribution in [0.4, 0.5) is 10.9 Å². The lowest BCUT2D eigenvalue weighted by Crippen LogP contribution is -2.35. The SMILES string of the molecule is CCN(CC)c1nc(N)c(C(=O)N(C)C2CCCC2)s1. The normalized spacial score (nSPS) is 15.6. The third-order valence-electron chi connectivity index (χ3n) is 4.06. The minimum Gasteiger partial charge on any atom is -0.382 e. The van der Waals surface area contributed by atoms with Crippen molar-refractivity contribution in [2.75, 3.05) is 30.8 Å². The van der Waals surface area contributed by atoms with Gasteiger partial charge in [-0.05, 0) is 26.7 Å². The molecule has 1 aliphatic rings. The fourth-order valence-corrected chi connectivity index (χ4v) is 3.82. The summed E-state index contributed by atoms with van der Waals surface area (Å²) >= 11 is 1.41. The third-order valence-corrected chi connectivity index (χ3v) is 5.18. The maximum Gasteiger partial charge on any atom is 0.267 e. The molecule has 5 nitrogen and oxygen atoms in total. The molecule has 1 amide bonds. The van der Waals surface area contributed by atoms with Crippen molar-refractivity contribution in [3.8, 4) is 0 Å². The van der Waals surface area contributed by atoms with E-state index in [1.54, 1.807) is 0 Å². The lowest BCUT2D eigenvalue weighted by Gasteiger charge is -2.23. The van der Waals surface area contributed by atoms with Gasteiger partial charge in [0.1, 0.15) is 10.7 Å². The van der Waals surface area contributed by atoms with Gasteiger partial charge >= 0.3 is 0 Å². The van der Waals surface area contributed by atoms with Gasteiger partial charge in [-0.1, -0.05) is 24.2 Å². The van der Waals surface area contributed by atoms with E-state index in [-0.39, 0.29) is 5.91 Å². The molecular weight excluding hydrogens is 272 g/mol. The molecule has 6 heteroatoms. The van der Waals surface area contributed by atoms with Gasteiger partial charge in [-0.2, -0.15) is 0 Å². The first kappa shape index (κ1) is 15.1. The minimum absolute atomic E-state index is 0.0188. The zero-order valence-corrected chi connectivity index (χ0v) is 13.4. The molecule has 1 saturated carbocycles. The van der Waals surface area contributed by atoms with Gasteiger partial charge in [0.2, 0.25) is 0 Å². The van der Waals surface area contributed by atoms with Crippen LogP contribution in [0.2, 0.25) is 0 Å². The van der Waals surface area contributed by atoms with E-state index in [2.05, 4.69) is 23.7 Å². The van der Waals surface area contributed by atoms with E-state index >= 15 is 0 Å². The Morgan fingerprint density at radius 3 is 2.50 bits per heavy atom. The Labute approximate surface area is 124 Å². The van der Waals surface area contributed by atoms with Crippen LogP contribution in [-0.4, -0.2) is 42.0 Å². The maximum atomic E-state index is 12.6. The van der Waals surface area contributed by atoms with Crippen molar-refractivity contribution in [2.45, 2.75) is 45.6 Å². The zero-order chi connectivity index (χ0) is 14.7. The highest BCUT2D eigenvalue weighted by atomic mass is 32.1.